The Morgan fingerprint density at radius 1 is 1.15 bits per heavy atom. The molecule has 4 nitrogen and oxygen atoms in total. The first-order chi connectivity index (χ1) is 12.5. The number of aryl methyl sites for hydroxylation is 1. The molecule has 0 radical (unpaired) electrons. The van der Waals surface area contributed by atoms with Crippen LogP contribution in [0.5, 0.6) is 0 Å². The van der Waals surface area contributed by atoms with Gasteiger partial charge in [-0.05, 0) is 55.3 Å². The highest BCUT2D eigenvalue weighted by Crippen LogP contribution is 2.31. The van der Waals surface area contributed by atoms with E-state index >= 15 is 0 Å². The van der Waals surface area contributed by atoms with Gasteiger partial charge >= 0.3 is 0 Å². The van der Waals surface area contributed by atoms with Gasteiger partial charge in [-0.3, -0.25) is 4.79 Å². The van der Waals surface area contributed by atoms with Gasteiger partial charge in [0, 0.05) is 16.3 Å². The van der Waals surface area contributed by atoms with Crippen molar-refractivity contribution in [1.82, 2.24) is 10.2 Å². The Bertz CT molecular complexity index is 879. The molecule has 2 aromatic carbocycles. The van der Waals surface area contributed by atoms with Gasteiger partial charge in [0.25, 0.3) is 0 Å². The van der Waals surface area contributed by atoms with Gasteiger partial charge in [-0.15, -0.1) is 10.2 Å². The van der Waals surface area contributed by atoms with Crippen molar-refractivity contribution in [1.29, 1.82) is 0 Å². The number of hydrogen-bond donors (Lipinski definition) is 1. The lowest BCUT2D eigenvalue weighted by Crippen LogP contribution is -2.13. The molecular formula is C19H18ClN3OS2. The predicted octanol–water partition coefficient (Wildman–Crippen LogP) is 5.86. The Kier molecular flexibility index (Phi) is 6.29. The molecule has 1 N–H and O–H groups in total. The predicted molar refractivity (Wildman–Crippen MR) is 110 cm³/mol. The molecule has 1 heterocycles. The molecule has 0 aliphatic heterocycles. The van der Waals surface area contributed by atoms with Gasteiger partial charge in [0.15, 0.2) is 10.1 Å². The number of carbonyl (C=O) groups excluding carboxylic acids is 1. The van der Waals surface area contributed by atoms with E-state index in [0.717, 1.165) is 16.4 Å². The molecule has 0 spiro atoms. The van der Waals surface area contributed by atoms with Gasteiger partial charge < -0.3 is 5.32 Å². The molecule has 3 rings (SSSR count). The number of rotatable bonds is 7. The molecule has 0 bridgehead atoms. The van der Waals surface area contributed by atoms with Crippen LogP contribution in [-0.2, 0) is 6.42 Å². The lowest BCUT2D eigenvalue weighted by molar-refractivity contribution is 0.0994. The normalized spacial score (nSPS) is 12.0. The van der Waals surface area contributed by atoms with E-state index in [4.69, 9.17) is 11.6 Å². The second-order valence-electron chi connectivity index (χ2n) is 5.68. The van der Waals surface area contributed by atoms with Crippen LogP contribution < -0.4 is 5.32 Å². The number of hydrogen-bond acceptors (Lipinski definition) is 6. The van der Waals surface area contributed by atoms with Gasteiger partial charge in [0.2, 0.25) is 5.13 Å². The van der Waals surface area contributed by atoms with Gasteiger partial charge in [0.1, 0.15) is 0 Å². The van der Waals surface area contributed by atoms with Crippen molar-refractivity contribution in [3.63, 3.8) is 0 Å². The number of halogens is 1. The Morgan fingerprint density at radius 2 is 1.85 bits per heavy atom. The van der Waals surface area contributed by atoms with Crippen LogP contribution in [0, 0.1) is 0 Å². The van der Waals surface area contributed by atoms with E-state index in [9.17, 15) is 4.79 Å². The third-order valence-corrected chi connectivity index (χ3v) is 6.07. The van der Waals surface area contributed by atoms with Crippen LogP contribution in [-0.4, -0.2) is 21.2 Å². The van der Waals surface area contributed by atoms with Crippen LogP contribution in [0.25, 0.3) is 0 Å². The second kappa shape index (κ2) is 8.66. The molecule has 0 saturated carbocycles. The first-order valence-corrected chi connectivity index (χ1v) is 10.3. The summed E-state index contributed by atoms with van der Waals surface area (Å²) in [5.41, 5.74) is 2.91. The molecule has 1 atom stereocenters. The highest BCUT2D eigenvalue weighted by Gasteiger charge is 2.18. The quantitative estimate of drug-likeness (QED) is 0.395. The Labute approximate surface area is 166 Å². The van der Waals surface area contributed by atoms with Crippen molar-refractivity contribution in [2.75, 3.05) is 5.32 Å². The summed E-state index contributed by atoms with van der Waals surface area (Å²) in [5, 5.41) is 12.7. The van der Waals surface area contributed by atoms with Crippen molar-refractivity contribution in [2.45, 2.75) is 29.9 Å². The fraction of sp³-hybridized carbons (Fsp3) is 0.211. The summed E-state index contributed by atoms with van der Waals surface area (Å²) in [5.74, 6) is 0.0477. The van der Waals surface area contributed by atoms with Crippen molar-refractivity contribution >= 4 is 51.3 Å². The monoisotopic (exact) mass is 403 g/mol. The summed E-state index contributed by atoms with van der Waals surface area (Å²) >= 11 is 8.72. The van der Waals surface area contributed by atoms with E-state index in [1.54, 1.807) is 24.3 Å². The highest BCUT2D eigenvalue weighted by atomic mass is 35.5. The first-order valence-electron chi connectivity index (χ1n) is 8.21. The third-order valence-electron chi connectivity index (χ3n) is 3.80. The summed E-state index contributed by atoms with van der Waals surface area (Å²) in [4.78, 5) is 12.5. The number of nitrogens with one attached hydrogen (secondary N) is 1. The summed E-state index contributed by atoms with van der Waals surface area (Å²) < 4.78 is 0.757. The number of aromatic nitrogens is 2. The van der Waals surface area contributed by atoms with E-state index in [2.05, 4.69) is 34.6 Å². The number of ketones is 1. The third kappa shape index (κ3) is 4.84. The van der Waals surface area contributed by atoms with E-state index in [0.29, 0.717) is 15.7 Å². The van der Waals surface area contributed by atoms with Gasteiger partial charge in [-0.25, -0.2) is 0 Å². The average Bonchev–Trinajstić information content (AvgIpc) is 3.09. The summed E-state index contributed by atoms with van der Waals surface area (Å²) in [6.07, 6.45) is 1.01. The lowest BCUT2D eigenvalue weighted by Gasteiger charge is -2.07. The minimum absolute atomic E-state index is 0.0477. The topological polar surface area (TPSA) is 54.9 Å². The molecule has 26 heavy (non-hydrogen) atoms. The van der Waals surface area contributed by atoms with Crippen LogP contribution in [0.3, 0.4) is 0 Å². The maximum absolute atomic E-state index is 12.5. The number of anilines is 2. The lowest BCUT2D eigenvalue weighted by atomic mass is 10.1. The minimum atomic E-state index is -0.249. The molecule has 7 heteroatoms. The maximum Gasteiger partial charge on any atom is 0.210 e. The Balaban J connectivity index is 1.61. The number of benzene rings is 2. The van der Waals surface area contributed by atoms with Crippen LogP contribution in [0.2, 0.25) is 5.02 Å². The minimum Gasteiger partial charge on any atom is -0.330 e. The van der Waals surface area contributed by atoms with E-state index < -0.39 is 0 Å². The SMILES string of the molecule is CCc1ccc(Nc2nnc(S[C@@H](C)C(=O)c3ccc(Cl)cc3)s2)cc1. The van der Waals surface area contributed by atoms with Crippen molar-refractivity contribution in [3.05, 3.63) is 64.7 Å². The van der Waals surface area contributed by atoms with Crippen LogP contribution >= 0.6 is 34.7 Å². The van der Waals surface area contributed by atoms with Gasteiger partial charge in [-0.2, -0.15) is 0 Å². The summed E-state index contributed by atoms with van der Waals surface area (Å²) in [6, 6.07) is 15.2. The van der Waals surface area contributed by atoms with Crippen molar-refractivity contribution < 1.29 is 4.79 Å². The molecule has 0 saturated heterocycles. The Hall–Kier alpha value is -1.89. The first kappa shape index (κ1) is 18.9. The summed E-state index contributed by atoms with van der Waals surface area (Å²) in [7, 11) is 0. The fourth-order valence-corrected chi connectivity index (χ4v) is 4.43. The fourth-order valence-electron chi connectivity index (χ4n) is 2.31. The van der Waals surface area contributed by atoms with E-state index in [1.807, 2.05) is 19.1 Å². The number of nitrogens with zero attached hydrogens (tertiary/aromatic N) is 2. The van der Waals surface area contributed by atoms with Crippen LogP contribution in [0.4, 0.5) is 10.8 Å². The molecule has 0 aliphatic carbocycles. The standard InChI is InChI=1S/C19H18ClN3OS2/c1-3-13-4-10-16(11-5-13)21-18-22-23-19(26-18)25-12(2)17(24)14-6-8-15(20)9-7-14/h4-12H,3H2,1-2H3,(H,21,22)/t12-/m0/s1. The largest absolute Gasteiger partial charge is 0.330 e. The number of Topliss-reactive ketones (excluding diaryl/α,β-unsaturated/α-hetero) is 1. The Morgan fingerprint density at radius 3 is 2.50 bits per heavy atom. The molecule has 0 aliphatic rings. The zero-order chi connectivity index (χ0) is 18.5. The average molecular weight is 404 g/mol. The zero-order valence-electron chi connectivity index (χ0n) is 14.4. The van der Waals surface area contributed by atoms with E-state index in [1.165, 1.54) is 28.7 Å². The molecule has 3 aromatic rings. The van der Waals surface area contributed by atoms with Crippen molar-refractivity contribution in [2.24, 2.45) is 0 Å². The zero-order valence-corrected chi connectivity index (χ0v) is 16.8. The molecule has 0 fully saturated rings. The highest BCUT2D eigenvalue weighted by molar-refractivity contribution is 8.02. The molecule has 134 valence electrons. The smallest absolute Gasteiger partial charge is 0.210 e. The molecule has 0 amide bonds. The summed E-state index contributed by atoms with van der Waals surface area (Å²) in [6.45, 7) is 4.00. The molecule has 0 unspecified atom stereocenters. The molecular weight excluding hydrogens is 386 g/mol. The van der Waals surface area contributed by atoms with Crippen molar-refractivity contribution in [3.8, 4) is 0 Å². The number of carbonyl (C=O) groups is 1. The second-order valence-corrected chi connectivity index (χ2v) is 8.68. The number of thioether (sulfide) groups is 1. The van der Waals surface area contributed by atoms with Gasteiger partial charge in [-0.1, -0.05) is 53.8 Å². The van der Waals surface area contributed by atoms with Crippen LogP contribution in [0.15, 0.2) is 52.9 Å². The van der Waals surface area contributed by atoms with E-state index in [-0.39, 0.29) is 11.0 Å². The van der Waals surface area contributed by atoms with Gasteiger partial charge in [0.05, 0.1) is 5.25 Å². The maximum atomic E-state index is 12.5. The van der Waals surface area contributed by atoms with Crippen LogP contribution in [0.1, 0.15) is 29.8 Å². The molecule has 1 aromatic heterocycles.